The molecule has 0 amide bonds. The predicted octanol–water partition coefficient (Wildman–Crippen LogP) is 14.5. The molecule has 57 heavy (non-hydrogen) atoms. The number of aromatic nitrogens is 2. The number of hydrogen-bond donors (Lipinski definition) is 0. The number of fused-ring (bicyclic) bond motifs is 6. The Balaban J connectivity index is 1.59. The van der Waals surface area contributed by atoms with Gasteiger partial charge >= 0.3 is 24.7 Å². The van der Waals surface area contributed by atoms with Crippen LogP contribution in [0.5, 0.6) is 0 Å². The quantitative estimate of drug-likeness (QED) is 0.125. The third-order valence-corrected chi connectivity index (χ3v) is 9.89. The molecule has 0 unspecified atom stereocenters. The molecule has 0 radical (unpaired) electrons. The van der Waals surface area contributed by atoms with Crippen LogP contribution in [-0.4, -0.2) is 9.13 Å². The first kappa shape index (κ1) is 37.5. The molecular formula is C42H21F12N3. The lowest BCUT2D eigenvalue weighted by Gasteiger charge is -2.21. The van der Waals surface area contributed by atoms with E-state index in [1.165, 1.54) is 33.4 Å². The topological polar surface area (TPSA) is 14.2 Å². The first-order valence-corrected chi connectivity index (χ1v) is 16.7. The van der Waals surface area contributed by atoms with Crippen molar-refractivity contribution >= 4 is 49.3 Å². The molecule has 8 aromatic rings. The summed E-state index contributed by atoms with van der Waals surface area (Å²) >= 11 is 0. The summed E-state index contributed by atoms with van der Waals surface area (Å²) in [5.74, 6) is 0. The molecule has 8 rings (SSSR count). The first-order chi connectivity index (χ1) is 26.7. The lowest BCUT2D eigenvalue weighted by Crippen LogP contribution is -2.08. The lowest BCUT2D eigenvalue weighted by molar-refractivity contribution is -0.138. The molecule has 0 saturated heterocycles. The molecular weight excluding hydrogens is 774 g/mol. The predicted molar refractivity (Wildman–Crippen MR) is 192 cm³/mol. The summed E-state index contributed by atoms with van der Waals surface area (Å²) in [5, 5.41) is -0.131. The highest BCUT2D eigenvalue weighted by molar-refractivity contribution is 6.12. The van der Waals surface area contributed by atoms with E-state index in [-0.39, 0.29) is 60.9 Å². The van der Waals surface area contributed by atoms with Crippen molar-refractivity contribution in [2.75, 3.05) is 0 Å². The van der Waals surface area contributed by atoms with Crippen molar-refractivity contribution < 1.29 is 52.7 Å². The largest absolute Gasteiger partial charge is 0.416 e. The number of halogens is 12. The molecule has 6 aromatic carbocycles. The number of rotatable bonds is 3. The second-order valence-electron chi connectivity index (χ2n) is 13.4. The van der Waals surface area contributed by atoms with Gasteiger partial charge in [0.15, 0.2) is 5.69 Å². The maximum atomic E-state index is 14.5. The molecule has 0 N–H and O–H groups in total. The highest BCUT2D eigenvalue weighted by atomic mass is 19.4. The second kappa shape index (κ2) is 12.5. The fourth-order valence-electron chi connectivity index (χ4n) is 7.41. The molecule has 2 aromatic heterocycles. The minimum absolute atomic E-state index is 0.0172. The van der Waals surface area contributed by atoms with Crippen molar-refractivity contribution in [3.8, 4) is 22.5 Å². The number of benzene rings is 6. The van der Waals surface area contributed by atoms with Crippen LogP contribution < -0.4 is 0 Å². The number of hydrogen-bond acceptors (Lipinski definition) is 0. The molecule has 0 fully saturated rings. The lowest BCUT2D eigenvalue weighted by atomic mass is 9.96. The summed E-state index contributed by atoms with van der Waals surface area (Å²) in [6.07, 6.45) is -19.5. The molecule has 0 saturated carbocycles. The smallest absolute Gasteiger partial charge is 0.308 e. The van der Waals surface area contributed by atoms with Crippen molar-refractivity contribution in [1.82, 2.24) is 9.13 Å². The van der Waals surface area contributed by atoms with Gasteiger partial charge in [0, 0.05) is 21.5 Å². The Morgan fingerprint density at radius 1 is 0.439 bits per heavy atom. The molecule has 2 heterocycles. The molecule has 3 nitrogen and oxygen atoms in total. The number of aryl methyl sites for hydroxylation is 1. The van der Waals surface area contributed by atoms with Gasteiger partial charge < -0.3 is 9.13 Å². The van der Waals surface area contributed by atoms with Gasteiger partial charge in [-0.05, 0) is 103 Å². The van der Waals surface area contributed by atoms with Crippen LogP contribution in [-0.2, 0) is 24.7 Å². The Morgan fingerprint density at radius 2 is 0.842 bits per heavy atom. The van der Waals surface area contributed by atoms with Crippen LogP contribution in [0.15, 0.2) is 109 Å². The Morgan fingerprint density at radius 3 is 1.26 bits per heavy atom. The molecule has 0 spiro atoms. The van der Waals surface area contributed by atoms with E-state index in [9.17, 15) is 52.7 Å². The average molecular weight is 796 g/mol. The van der Waals surface area contributed by atoms with Crippen LogP contribution in [0.4, 0.5) is 58.4 Å². The van der Waals surface area contributed by atoms with E-state index in [4.69, 9.17) is 6.57 Å². The van der Waals surface area contributed by atoms with Gasteiger partial charge in [0.2, 0.25) is 0 Å². The molecule has 0 atom stereocenters. The Bertz CT molecular complexity index is 2920. The van der Waals surface area contributed by atoms with Crippen LogP contribution in [0, 0.1) is 13.5 Å². The maximum Gasteiger partial charge on any atom is 0.416 e. The van der Waals surface area contributed by atoms with Gasteiger partial charge in [0.05, 0.1) is 62.3 Å². The summed E-state index contributed by atoms with van der Waals surface area (Å²) in [4.78, 5) is 3.55. The molecule has 0 aliphatic rings. The van der Waals surface area contributed by atoms with Crippen molar-refractivity contribution in [2.24, 2.45) is 0 Å². The minimum Gasteiger partial charge on any atom is -0.308 e. The average Bonchev–Trinajstić information content (AvgIpc) is 3.64. The minimum atomic E-state index is -4.93. The van der Waals surface area contributed by atoms with Crippen molar-refractivity contribution in [3.63, 3.8) is 0 Å². The zero-order valence-electron chi connectivity index (χ0n) is 28.8. The van der Waals surface area contributed by atoms with Gasteiger partial charge in [-0.1, -0.05) is 29.8 Å². The van der Waals surface area contributed by atoms with E-state index in [1.807, 2.05) is 0 Å². The summed E-state index contributed by atoms with van der Waals surface area (Å²) in [5.41, 5.74) is -4.74. The first-order valence-electron chi connectivity index (χ1n) is 16.7. The molecule has 0 aliphatic heterocycles. The summed E-state index contributed by atoms with van der Waals surface area (Å²) in [6, 6.07) is 19.3. The van der Waals surface area contributed by atoms with Crippen LogP contribution in [0.25, 0.3) is 71.0 Å². The summed E-state index contributed by atoms with van der Waals surface area (Å²) in [7, 11) is 0. The summed E-state index contributed by atoms with van der Waals surface area (Å²) in [6.45, 7) is 9.80. The molecule has 0 aliphatic carbocycles. The standard InChI is InChI=1S/C42H21F12N3/c1-21-7-11-33-27(15-21)28-16-22(39(43,44)45)8-12-34(28)57(33)38-20-32(55-2)26(25-5-3-4-6-31(25)42(52,53)54)19-37(38)56-35-13-9-23(40(46,47)48)17-29(35)30-18-24(41(49,50)51)10-14-36(30)56/h3-20H,1H3. The van der Waals surface area contributed by atoms with Gasteiger partial charge in [-0.15, -0.1) is 0 Å². The fourth-order valence-corrected chi connectivity index (χ4v) is 7.41. The molecule has 15 heteroatoms. The van der Waals surface area contributed by atoms with Crippen LogP contribution >= 0.6 is 0 Å². The zero-order chi connectivity index (χ0) is 41.0. The Hall–Kier alpha value is -6.43. The summed E-state index contributed by atoms with van der Waals surface area (Å²) < 4.78 is 173. The van der Waals surface area contributed by atoms with E-state index in [0.717, 1.165) is 42.5 Å². The van der Waals surface area contributed by atoms with Crippen LogP contribution in [0.2, 0.25) is 0 Å². The van der Waals surface area contributed by atoms with E-state index in [0.29, 0.717) is 35.2 Å². The maximum absolute atomic E-state index is 14.5. The normalized spacial score (nSPS) is 13.0. The number of alkyl halides is 12. The van der Waals surface area contributed by atoms with Gasteiger partial charge in [-0.2, -0.15) is 52.7 Å². The van der Waals surface area contributed by atoms with Crippen molar-refractivity contribution in [3.05, 3.63) is 148 Å². The van der Waals surface area contributed by atoms with E-state index in [2.05, 4.69) is 4.85 Å². The fraction of sp³-hybridized carbons (Fsp3) is 0.119. The Labute approximate surface area is 313 Å². The monoisotopic (exact) mass is 795 g/mol. The highest BCUT2D eigenvalue weighted by Gasteiger charge is 2.36. The SMILES string of the molecule is [C-]#[N+]c1cc(-n2c3ccc(C)cc3c3cc(C(F)(F)F)ccc32)c(-n2c3ccc(C(F)(F)F)cc3c3cc(C(F)(F)F)ccc32)cc1-c1ccccc1C(F)(F)F. The van der Waals surface area contributed by atoms with Gasteiger partial charge in [0.25, 0.3) is 0 Å². The van der Waals surface area contributed by atoms with E-state index >= 15 is 0 Å². The second-order valence-corrected chi connectivity index (χ2v) is 13.4. The number of nitrogens with zero attached hydrogens (tertiary/aromatic N) is 3. The van der Waals surface area contributed by atoms with Crippen molar-refractivity contribution in [1.29, 1.82) is 0 Å². The molecule has 0 bridgehead atoms. The third-order valence-electron chi connectivity index (χ3n) is 9.89. The Kier molecular flexibility index (Phi) is 8.25. The van der Waals surface area contributed by atoms with Crippen LogP contribution in [0.3, 0.4) is 0 Å². The third kappa shape index (κ3) is 6.19. The van der Waals surface area contributed by atoms with Gasteiger partial charge in [-0.3, -0.25) is 0 Å². The van der Waals surface area contributed by atoms with E-state index < -0.39 is 52.5 Å². The van der Waals surface area contributed by atoms with Gasteiger partial charge in [-0.25, -0.2) is 4.85 Å². The van der Waals surface area contributed by atoms with Gasteiger partial charge in [0.1, 0.15) is 0 Å². The van der Waals surface area contributed by atoms with Crippen LogP contribution in [0.1, 0.15) is 27.8 Å². The highest BCUT2D eigenvalue weighted by Crippen LogP contribution is 2.47. The zero-order valence-corrected chi connectivity index (χ0v) is 28.8. The molecule has 288 valence electrons. The van der Waals surface area contributed by atoms with Crippen molar-refractivity contribution in [2.45, 2.75) is 31.6 Å². The van der Waals surface area contributed by atoms with E-state index in [1.54, 1.807) is 25.1 Å².